The van der Waals surface area contributed by atoms with Crippen molar-refractivity contribution in [3.8, 4) is 0 Å². The number of ether oxygens (including phenoxy) is 3. The van der Waals surface area contributed by atoms with Crippen LogP contribution in [0, 0.1) is 0 Å². The molecular formula is C77H138O6. The molecule has 0 saturated heterocycles. The Hall–Kier alpha value is -3.15. The van der Waals surface area contributed by atoms with E-state index in [1.807, 2.05) is 0 Å². The normalized spacial score (nSPS) is 12.5. The molecule has 482 valence electrons. The lowest BCUT2D eigenvalue weighted by Crippen LogP contribution is -2.30. The van der Waals surface area contributed by atoms with Crippen molar-refractivity contribution in [2.24, 2.45) is 0 Å². The maximum atomic E-state index is 12.9. The number of hydrogen-bond acceptors (Lipinski definition) is 6. The molecule has 83 heavy (non-hydrogen) atoms. The number of hydrogen-bond donors (Lipinski definition) is 0. The van der Waals surface area contributed by atoms with Gasteiger partial charge in [0.2, 0.25) is 0 Å². The van der Waals surface area contributed by atoms with Crippen molar-refractivity contribution < 1.29 is 28.6 Å². The van der Waals surface area contributed by atoms with Gasteiger partial charge in [-0.2, -0.15) is 0 Å². The van der Waals surface area contributed by atoms with Gasteiger partial charge in [-0.25, -0.2) is 0 Å². The van der Waals surface area contributed by atoms with Gasteiger partial charge in [-0.15, -0.1) is 0 Å². The number of allylic oxidation sites excluding steroid dienone is 12. The highest BCUT2D eigenvalue weighted by atomic mass is 16.6. The second-order valence-corrected chi connectivity index (χ2v) is 24.5. The van der Waals surface area contributed by atoms with Gasteiger partial charge in [0.25, 0.3) is 0 Å². The van der Waals surface area contributed by atoms with Gasteiger partial charge in [-0.05, 0) is 70.6 Å². The van der Waals surface area contributed by atoms with Crippen molar-refractivity contribution in [3.05, 3.63) is 72.9 Å². The number of rotatable bonds is 67. The van der Waals surface area contributed by atoms with Crippen LogP contribution < -0.4 is 0 Å². The van der Waals surface area contributed by atoms with Crippen LogP contribution >= 0.6 is 0 Å². The first-order valence-electron chi connectivity index (χ1n) is 36.4. The molecule has 0 rings (SSSR count). The second kappa shape index (κ2) is 71.3. The van der Waals surface area contributed by atoms with E-state index in [0.29, 0.717) is 19.3 Å². The van der Waals surface area contributed by atoms with E-state index in [-0.39, 0.29) is 31.1 Å². The van der Waals surface area contributed by atoms with E-state index in [1.54, 1.807) is 0 Å². The van der Waals surface area contributed by atoms with Crippen LogP contribution in [0.3, 0.4) is 0 Å². The fourth-order valence-corrected chi connectivity index (χ4v) is 10.8. The molecule has 0 aliphatic heterocycles. The van der Waals surface area contributed by atoms with Crippen LogP contribution in [0.4, 0.5) is 0 Å². The summed E-state index contributed by atoms with van der Waals surface area (Å²) in [5.41, 5.74) is 0. The molecule has 0 aromatic heterocycles. The van der Waals surface area contributed by atoms with Gasteiger partial charge in [0.1, 0.15) is 13.2 Å². The van der Waals surface area contributed by atoms with E-state index >= 15 is 0 Å². The number of carbonyl (C=O) groups excluding carboxylic acids is 3. The van der Waals surface area contributed by atoms with E-state index in [9.17, 15) is 14.4 Å². The Labute approximate surface area is 516 Å². The molecule has 0 bridgehead atoms. The fraction of sp³-hybridized carbons (Fsp3) is 0.805. The monoisotopic (exact) mass is 1160 g/mol. The molecule has 0 spiro atoms. The van der Waals surface area contributed by atoms with Crippen LogP contribution in [0.2, 0.25) is 0 Å². The summed E-state index contributed by atoms with van der Waals surface area (Å²) in [4.78, 5) is 38.3. The number of esters is 3. The summed E-state index contributed by atoms with van der Waals surface area (Å²) in [5, 5.41) is 0. The first-order chi connectivity index (χ1) is 41.0. The SMILES string of the molecule is CC/C=C\C/C=C\C/C=C\C/C=C\C/C=C\C/C=C\CCCCCCCCCCCCC(=O)OCC(COC(=O)CCCCCCCCCC)OC(=O)CCCCCCCCCCCCCCCCCCCCCCCCCCCCCC. The van der Waals surface area contributed by atoms with Crippen LogP contribution in [0.1, 0.15) is 380 Å². The molecule has 6 heteroatoms. The molecule has 0 amide bonds. The Balaban J connectivity index is 4.09. The van der Waals surface area contributed by atoms with Crippen LogP contribution in [0.15, 0.2) is 72.9 Å². The van der Waals surface area contributed by atoms with Crippen molar-refractivity contribution in [1.29, 1.82) is 0 Å². The molecule has 0 radical (unpaired) electrons. The van der Waals surface area contributed by atoms with Gasteiger partial charge in [0.05, 0.1) is 0 Å². The molecule has 6 nitrogen and oxygen atoms in total. The summed E-state index contributed by atoms with van der Waals surface area (Å²) in [5.74, 6) is -0.858. The maximum absolute atomic E-state index is 12.9. The molecule has 0 aliphatic carbocycles. The predicted molar refractivity (Wildman–Crippen MR) is 362 cm³/mol. The third-order valence-electron chi connectivity index (χ3n) is 16.2. The summed E-state index contributed by atoms with van der Waals surface area (Å²) in [6.45, 7) is 6.55. The fourth-order valence-electron chi connectivity index (χ4n) is 10.8. The van der Waals surface area contributed by atoms with Crippen molar-refractivity contribution in [2.75, 3.05) is 13.2 Å². The Morgan fingerprint density at radius 2 is 0.470 bits per heavy atom. The zero-order valence-corrected chi connectivity index (χ0v) is 55.5. The lowest BCUT2D eigenvalue weighted by Gasteiger charge is -2.18. The summed E-state index contributed by atoms with van der Waals surface area (Å²) in [7, 11) is 0. The third-order valence-corrected chi connectivity index (χ3v) is 16.2. The van der Waals surface area contributed by atoms with Crippen molar-refractivity contribution in [3.63, 3.8) is 0 Å². The summed E-state index contributed by atoms with van der Waals surface area (Å²) < 4.78 is 16.9. The predicted octanol–water partition coefficient (Wildman–Crippen LogP) is 25.2. The zero-order valence-electron chi connectivity index (χ0n) is 55.5. The quantitative estimate of drug-likeness (QED) is 0.0261. The minimum atomic E-state index is -0.774. The highest BCUT2D eigenvalue weighted by molar-refractivity contribution is 5.71. The topological polar surface area (TPSA) is 78.9 Å². The molecule has 1 unspecified atom stereocenters. The van der Waals surface area contributed by atoms with Gasteiger partial charge >= 0.3 is 17.9 Å². The van der Waals surface area contributed by atoms with Gasteiger partial charge in [-0.1, -0.05) is 363 Å². The van der Waals surface area contributed by atoms with Crippen LogP contribution in [-0.4, -0.2) is 37.2 Å². The number of carbonyl (C=O) groups is 3. The molecule has 0 aliphatic rings. The van der Waals surface area contributed by atoms with Crippen molar-refractivity contribution in [1.82, 2.24) is 0 Å². The summed E-state index contributed by atoms with van der Waals surface area (Å²) in [6.07, 6.45) is 93.9. The van der Waals surface area contributed by atoms with E-state index in [4.69, 9.17) is 14.2 Å². The lowest BCUT2D eigenvalue weighted by atomic mass is 10.0. The van der Waals surface area contributed by atoms with Crippen LogP contribution in [0.5, 0.6) is 0 Å². The number of unbranched alkanes of at least 4 members (excludes halogenated alkanes) is 44. The largest absolute Gasteiger partial charge is 0.462 e. The van der Waals surface area contributed by atoms with Gasteiger partial charge in [-0.3, -0.25) is 14.4 Å². The first kappa shape index (κ1) is 79.8. The third kappa shape index (κ3) is 69.5. The van der Waals surface area contributed by atoms with Gasteiger partial charge in [0.15, 0.2) is 6.10 Å². The van der Waals surface area contributed by atoms with E-state index in [0.717, 1.165) is 96.3 Å². The molecule has 0 fully saturated rings. The molecule has 0 N–H and O–H groups in total. The Bertz CT molecular complexity index is 1520. The lowest BCUT2D eigenvalue weighted by molar-refractivity contribution is -0.167. The average Bonchev–Trinajstić information content (AvgIpc) is 3.49. The molecular weight excluding hydrogens is 1020 g/mol. The Morgan fingerprint density at radius 3 is 0.735 bits per heavy atom. The summed E-state index contributed by atoms with van der Waals surface area (Å²) >= 11 is 0. The maximum Gasteiger partial charge on any atom is 0.306 e. The highest BCUT2D eigenvalue weighted by Gasteiger charge is 2.19. The van der Waals surface area contributed by atoms with E-state index < -0.39 is 6.10 Å². The smallest absolute Gasteiger partial charge is 0.306 e. The standard InChI is InChI=1S/C77H138O6/c1-4-7-10-13-16-19-21-23-25-27-29-31-33-35-37-39-41-42-44-46-48-50-52-54-56-58-61-64-67-70-76(79)82-73-74(72-81-75(78)69-66-63-60-18-15-12-9-6-3)83-77(80)71-68-65-62-59-57-55-53-51-49-47-45-43-40-38-36-34-32-30-28-26-24-22-20-17-14-11-8-5-2/h7,10,16,19,23,25,29,31,35,37,41-42,74H,4-6,8-9,11-15,17-18,20-22,24,26-28,30,32-34,36,38-40,43-73H2,1-3H3/b10-7-,19-16-,25-23-,31-29-,37-35-,42-41-. The first-order valence-corrected chi connectivity index (χ1v) is 36.4. The molecule has 0 saturated carbocycles. The van der Waals surface area contributed by atoms with Crippen LogP contribution in [0.25, 0.3) is 0 Å². The molecule has 1 atom stereocenters. The van der Waals surface area contributed by atoms with Crippen molar-refractivity contribution >= 4 is 17.9 Å². The highest BCUT2D eigenvalue weighted by Crippen LogP contribution is 2.19. The molecule has 0 aromatic rings. The van der Waals surface area contributed by atoms with E-state index in [1.165, 1.54) is 244 Å². The minimum Gasteiger partial charge on any atom is -0.462 e. The molecule has 0 heterocycles. The van der Waals surface area contributed by atoms with E-state index in [2.05, 4.69) is 93.7 Å². The minimum absolute atomic E-state index is 0.0715. The van der Waals surface area contributed by atoms with Crippen LogP contribution in [-0.2, 0) is 28.6 Å². The zero-order chi connectivity index (χ0) is 59.9. The van der Waals surface area contributed by atoms with Gasteiger partial charge < -0.3 is 14.2 Å². The second-order valence-electron chi connectivity index (χ2n) is 24.5. The van der Waals surface area contributed by atoms with Gasteiger partial charge in [0, 0.05) is 19.3 Å². The molecule has 0 aromatic carbocycles. The Morgan fingerprint density at radius 1 is 0.253 bits per heavy atom. The van der Waals surface area contributed by atoms with Crippen molar-refractivity contribution in [2.45, 2.75) is 386 Å². The summed E-state index contributed by atoms with van der Waals surface area (Å²) in [6, 6.07) is 0. The Kier molecular flexibility index (Phi) is 68.6. The average molecular weight is 1160 g/mol.